The Morgan fingerprint density at radius 1 is 1.26 bits per heavy atom. The molecule has 7 heteroatoms. The van der Waals surface area contributed by atoms with E-state index in [9.17, 15) is 4.79 Å². The molecule has 1 aliphatic rings. The van der Waals surface area contributed by atoms with Crippen molar-refractivity contribution >= 4 is 5.91 Å². The largest absolute Gasteiger partial charge is 0.497 e. The van der Waals surface area contributed by atoms with Gasteiger partial charge in [0.1, 0.15) is 5.75 Å². The van der Waals surface area contributed by atoms with E-state index in [1.807, 2.05) is 31.2 Å². The molecule has 2 N–H and O–H groups in total. The van der Waals surface area contributed by atoms with Crippen LogP contribution in [0.4, 0.5) is 0 Å². The third-order valence-electron chi connectivity index (χ3n) is 4.93. The van der Waals surface area contributed by atoms with Gasteiger partial charge in [-0.3, -0.25) is 4.79 Å². The van der Waals surface area contributed by atoms with Crippen LogP contribution < -0.4 is 15.4 Å². The van der Waals surface area contributed by atoms with Gasteiger partial charge < -0.3 is 15.4 Å². The summed E-state index contributed by atoms with van der Waals surface area (Å²) in [5.41, 5.74) is 1.79. The predicted octanol–water partition coefficient (Wildman–Crippen LogP) is 2.62. The summed E-state index contributed by atoms with van der Waals surface area (Å²) in [5, 5.41) is 15.1. The molecular formula is C20H29N5O2. The van der Waals surface area contributed by atoms with Crippen molar-refractivity contribution in [3.8, 4) is 11.4 Å². The summed E-state index contributed by atoms with van der Waals surface area (Å²) < 4.78 is 6.92. The summed E-state index contributed by atoms with van der Waals surface area (Å²) >= 11 is 0. The summed E-state index contributed by atoms with van der Waals surface area (Å²) in [6.45, 7) is 10.5. The van der Waals surface area contributed by atoms with Crippen LogP contribution in [-0.2, 0) is 0 Å². The topological polar surface area (TPSA) is 81.1 Å². The molecule has 0 aliphatic carbocycles. The van der Waals surface area contributed by atoms with E-state index in [1.165, 1.54) is 0 Å². The maximum atomic E-state index is 12.9. The summed E-state index contributed by atoms with van der Waals surface area (Å²) in [5.74, 6) is 0.549. The van der Waals surface area contributed by atoms with Gasteiger partial charge in [-0.2, -0.15) is 0 Å². The Kier molecular flexibility index (Phi) is 4.99. The molecule has 1 fully saturated rings. The average molecular weight is 371 g/mol. The number of methoxy groups -OCH3 is 1. The van der Waals surface area contributed by atoms with E-state index in [-0.39, 0.29) is 23.0 Å². The summed E-state index contributed by atoms with van der Waals surface area (Å²) in [4.78, 5) is 12.9. The third kappa shape index (κ3) is 4.30. The summed E-state index contributed by atoms with van der Waals surface area (Å²) in [6.07, 6.45) is 1.73. The Bertz CT molecular complexity index is 825. The number of carbonyl (C=O) groups is 1. The number of rotatable bonds is 4. The summed E-state index contributed by atoms with van der Waals surface area (Å²) in [7, 11) is 1.62. The van der Waals surface area contributed by atoms with Crippen LogP contribution >= 0.6 is 0 Å². The number of aromatic nitrogens is 3. The number of amides is 1. The van der Waals surface area contributed by atoms with Crippen molar-refractivity contribution < 1.29 is 9.53 Å². The highest BCUT2D eigenvalue weighted by Crippen LogP contribution is 2.28. The first-order chi connectivity index (χ1) is 12.6. The minimum absolute atomic E-state index is 0.0348. The molecule has 1 aromatic carbocycles. The molecule has 1 saturated heterocycles. The molecule has 1 aliphatic heterocycles. The standard InChI is InChI=1S/C20H29N5O2/c1-13-17(22-24-25(13)15-8-7-9-16(10-15)27-6)18(26)21-14-11-19(2,3)23-20(4,5)12-14/h7-10,14,23H,11-12H2,1-6H3,(H,21,26). The van der Waals surface area contributed by atoms with Crippen molar-refractivity contribution in [2.24, 2.45) is 0 Å². The zero-order chi connectivity index (χ0) is 19.8. The minimum Gasteiger partial charge on any atom is -0.497 e. The van der Waals surface area contributed by atoms with E-state index < -0.39 is 0 Å². The molecule has 146 valence electrons. The Balaban J connectivity index is 1.79. The van der Waals surface area contributed by atoms with Gasteiger partial charge in [0.05, 0.1) is 18.5 Å². The van der Waals surface area contributed by atoms with E-state index in [0.717, 1.165) is 24.3 Å². The quantitative estimate of drug-likeness (QED) is 0.863. The van der Waals surface area contributed by atoms with E-state index in [0.29, 0.717) is 11.4 Å². The van der Waals surface area contributed by atoms with Gasteiger partial charge in [0.25, 0.3) is 5.91 Å². The molecule has 0 saturated carbocycles. The Hall–Kier alpha value is -2.41. The molecule has 0 radical (unpaired) electrons. The number of ether oxygens (including phenoxy) is 1. The smallest absolute Gasteiger partial charge is 0.273 e. The second-order valence-corrected chi connectivity index (χ2v) is 8.61. The Morgan fingerprint density at radius 2 is 1.93 bits per heavy atom. The lowest BCUT2D eigenvalue weighted by molar-refractivity contribution is 0.0867. The van der Waals surface area contributed by atoms with E-state index in [2.05, 4.69) is 48.6 Å². The fourth-order valence-electron chi connectivity index (χ4n) is 4.20. The monoisotopic (exact) mass is 371 g/mol. The zero-order valence-electron chi connectivity index (χ0n) is 17.0. The molecule has 27 heavy (non-hydrogen) atoms. The van der Waals surface area contributed by atoms with Gasteiger partial charge in [-0.1, -0.05) is 11.3 Å². The molecular weight excluding hydrogens is 342 g/mol. The zero-order valence-corrected chi connectivity index (χ0v) is 17.0. The number of nitrogens with zero attached hydrogens (tertiary/aromatic N) is 3. The van der Waals surface area contributed by atoms with Crippen molar-refractivity contribution in [1.29, 1.82) is 0 Å². The molecule has 0 unspecified atom stereocenters. The van der Waals surface area contributed by atoms with Crippen molar-refractivity contribution in [3.05, 3.63) is 35.7 Å². The maximum absolute atomic E-state index is 12.9. The fraction of sp³-hybridized carbons (Fsp3) is 0.550. The molecule has 0 spiro atoms. The highest BCUT2D eigenvalue weighted by Gasteiger charge is 2.38. The number of hydrogen-bond acceptors (Lipinski definition) is 5. The van der Waals surface area contributed by atoms with Gasteiger partial charge in [0.15, 0.2) is 5.69 Å². The van der Waals surface area contributed by atoms with Crippen molar-refractivity contribution in [2.45, 2.75) is 64.6 Å². The molecule has 7 nitrogen and oxygen atoms in total. The van der Waals surface area contributed by atoms with Crippen LogP contribution in [0.1, 0.15) is 56.7 Å². The van der Waals surface area contributed by atoms with Gasteiger partial charge in [0.2, 0.25) is 0 Å². The van der Waals surface area contributed by atoms with Crippen LogP contribution in [-0.4, -0.2) is 45.1 Å². The maximum Gasteiger partial charge on any atom is 0.273 e. The van der Waals surface area contributed by atoms with Crippen LogP contribution in [0.25, 0.3) is 5.69 Å². The highest BCUT2D eigenvalue weighted by molar-refractivity contribution is 5.93. The number of carbonyl (C=O) groups excluding carboxylic acids is 1. The van der Waals surface area contributed by atoms with Crippen molar-refractivity contribution in [1.82, 2.24) is 25.6 Å². The number of nitrogens with one attached hydrogen (secondary N) is 2. The van der Waals surface area contributed by atoms with Crippen LogP contribution in [0, 0.1) is 6.92 Å². The molecule has 2 heterocycles. The number of benzene rings is 1. The molecule has 1 aromatic heterocycles. The molecule has 3 rings (SSSR count). The average Bonchev–Trinajstić information content (AvgIpc) is 2.93. The number of hydrogen-bond donors (Lipinski definition) is 2. The third-order valence-corrected chi connectivity index (χ3v) is 4.93. The lowest BCUT2D eigenvalue weighted by atomic mass is 9.79. The Labute approximate surface area is 160 Å². The second-order valence-electron chi connectivity index (χ2n) is 8.61. The normalized spacial score (nSPS) is 18.9. The second kappa shape index (κ2) is 6.96. The molecule has 0 bridgehead atoms. The van der Waals surface area contributed by atoms with Crippen LogP contribution in [0.5, 0.6) is 5.75 Å². The van der Waals surface area contributed by atoms with E-state index >= 15 is 0 Å². The van der Waals surface area contributed by atoms with E-state index in [1.54, 1.807) is 11.8 Å². The van der Waals surface area contributed by atoms with Crippen LogP contribution in [0.15, 0.2) is 24.3 Å². The Morgan fingerprint density at radius 3 is 2.56 bits per heavy atom. The highest BCUT2D eigenvalue weighted by atomic mass is 16.5. The first-order valence-electron chi connectivity index (χ1n) is 9.27. The predicted molar refractivity (Wildman–Crippen MR) is 104 cm³/mol. The molecule has 2 aromatic rings. The van der Waals surface area contributed by atoms with E-state index in [4.69, 9.17) is 4.74 Å². The minimum atomic E-state index is -0.180. The van der Waals surface area contributed by atoms with Gasteiger partial charge in [-0.25, -0.2) is 4.68 Å². The first-order valence-corrected chi connectivity index (χ1v) is 9.27. The fourth-order valence-corrected chi connectivity index (χ4v) is 4.20. The molecule has 0 atom stereocenters. The van der Waals surface area contributed by atoms with Gasteiger partial charge >= 0.3 is 0 Å². The number of piperidine rings is 1. The summed E-state index contributed by atoms with van der Waals surface area (Å²) in [6, 6.07) is 7.61. The van der Waals surface area contributed by atoms with Crippen molar-refractivity contribution in [2.75, 3.05) is 7.11 Å². The molecule has 1 amide bonds. The van der Waals surface area contributed by atoms with Gasteiger partial charge in [-0.05, 0) is 59.6 Å². The lowest BCUT2D eigenvalue weighted by Gasteiger charge is -2.46. The van der Waals surface area contributed by atoms with Crippen LogP contribution in [0.2, 0.25) is 0 Å². The first kappa shape index (κ1) is 19.4. The van der Waals surface area contributed by atoms with Gasteiger partial charge in [0, 0.05) is 23.2 Å². The SMILES string of the molecule is COc1cccc(-n2nnc(C(=O)NC3CC(C)(C)NC(C)(C)C3)c2C)c1. The van der Waals surface area contributed by atoms with Gasteiger partial charge in [-0.15, -0.1) is 5.10 Å². The van der Waals surface area contributed by atoms with Crippen molar-refractivity contribution in [3.63, 3.8) is 0 Å². The lowest BCUT2D eigenvalue weighted by Crippen LogP contribution is -2.62. The van der Waals surface area contributed by atoms with Crippen LogP contribution in [0.3, 0.4) is 0 Å².